The smallest absolute Gasteiger partial charge is 0.366 e. The van der Waals surface area contributed by atoms with E-state index in [1.165, 1.54) is 0 Å². The Morgan fingerprint density at radius 3 is 2.30 bits per heavy atom. The first-order valence-electron chi connectivity index (χ1n) is 2.54. The Labute approximate surface area is 61.9 Å². The number of allylic oxidation sites excluding steroid dienone is 1. The highest BCUT2D eigenvalue weighted by atomic mass is 28.4. The van der Waals surface area contributed by atoms with Crippen LogP contribution in [-0.4, -0.2) is 33.2 Å². The molecule has 0 aromatic carbocycles. The highest BCUT2D eigenvalue weighted by molar-refractivity contribution is 6.49. The molecule has 0 atom stereocenters. The van der Waals surface area contributed by atoms with Crippen LogP contribution in [0.1, 0.15) is 6.92 Å². The van der Waals surface area contributed by atoms with Crippen molar-refractivity contribution in [2.45, 2.75) is 6.92 Å². The van der Waals surface area contributed by atoms with Gasteiger partial charge in [-0.05, 0) is 6.92 Å². The van der Waals surface area contributed by atoms with Crippen molar-refractivity contribution < 1.29 is 23.5 Å². The molecule has 0 aromatic heterocycles. The van der Waals surface area contributed by atoms with Gasteiger partial charge >= 0.3 is 9.05 Å². The lowest BCUT2D eigenvalue weighted by Crippen LogP contribution is -2.39. The summed E-state index contributed by atoms with van der Waals surface area (Å²) in [6, 6.07) is 0. The van der Waals surface area contributed by atoms with Gasteiger partial charge in [0, 0.05) is 0 Å². The van der Waals surface area contributed by atoms with E-state index in [0.717, 1.165) is 5.20 Å². The maximum absolute atomic E-state index is 8.23. The first kappa shape index (κ1) is 9.97. The molecular weight excluding hydrogens is 172 g/mol. The summed E-state index contributed by atoms with van der Waals surface area (Å²) in [7, 11) is -5.55. The van der Waals surface area contributed by atoms with Gasteiger partial charge in [-0.2, -0.15) is 0 Å². The second-order valence-corrected chi connectivity index (χ2v) is 4.92. The molecule has 3 N–H and O–H groups in total. The zero-order valence-corrected chi connectivity index (χ0v) is 7.99. The predicted molar refractivity (Wildman–Crippen MR) is 37.9 cm³/mol. The van der Waals surface area contributed by atoms with E-state index in [0.29, 0.717) is 0 Å². The molecule has 0 fully saturated rings. The SMILES string of the molecule is C=C(C)[SiH2]OO[Si](O)(O)O. The molecule has 0 bridgehead atoms. The van der Waals surface area contributed by atoms with Crippen molar-refractivity contribution in [2.24, 2.45) is 0 Å². The molecule has 0 saturated carbocycles. The molecular formula is C3H10O5Si2. The minimum atomic E-state index is -4.45. The zero-order chi connectivity index (χ0) is 8.20. The van der Waals surface area contributed by atoms with Gasteiger partial charge in [0.15, 0.2) is 0 Å². The Morgan fingerprint density at radius 1 is 1.50 bits per heavy atom. The lowest BCUT2D eigenvalue weighted by Gasteiger charge is -2.08. The fraction of sp³-hybridized carbons (Fsp3) is 0.333. The highest BCUT2D eigenvalue weighted by Crippen LogP contribution is 1.91. The largest absolute Gasteiger partial charge is 0.698 e. The molecule has 0 aliphatic carbocycles. The van der Waals surface area contributed by atoms with Gasteiger partial charge in [0.1, 0.15) is 0 Å². The van der Waals surface area contributed by atoms with E-state index in [4.69, 9.17) is 14.4 Å². The topological polar surface area (TPSA) is 79.2 Å². The van der Waals surface area contributed by atoms with Crippen molar-refractivity contribution in [2.75, 3.05) is 0 Å². The van der Waals surface area contributed by atoms with Gasteiger partial charge in [0.2, 0.25) is 9.76 Å². The van der Waals surface area contributed by atoms with Crippen LogP contribution in [0.25, 0.3) is 0 Å². The van der Waals surface area contributed by atoms with E-state index < -0.39 is 18.8 Å². The van der Waals surface area contributed by atoms with Gasteiger partial charge in [-0.15, -0.1) is 6.58 Å². The molecule has 7 heteroatoms. The van der Waals surface area contributed by atoms with Gasteiger partial charge in [-0.3, -0.25) is 4.58 Å². The fourth-order valence-electron chi connectivity index (χ4n) is 0.209. The molecule has 0 aliphatic rings. The van der Waals surface area contributed by atoms with E-state index in [1.54, 1.807) is 6.92 Å². The summed E-state index contributed by atoms with van der Waals surface area (Å²) in [5.74, 6) is 0. The average molecular weight is 182 g/mol. The zero-order valence-electron chi connectivity index (χ0n) is 5.57. The van der Waals surface area contributed by atoms with Crippen LogP contribution in [0.15, 0.2) is 11.8 Å². The molecule has 0 heterocycles. The van der Waals surface area contributed by atoms with Crippen molar-refractivity contribution >= 4 is 18.8 Å². The normalized spacial score (nSPS) is 12.8. The van der Waals surface area contributed by atoms with Crippen LogP contribution in [0.3, 0.4) is 0 Å². The molecule has 10 heavy (non-hydrogen) atoms. The molecule has 60 valence electrons. The average Bonchev–Trinajstić information content (AvgIpc) is 1.59. The Kier molecular flexibility index (Phi) is 3.97. The van der Waals surface area contributed by atoms with Gasteiger partial charge in [0.05, 0.1) is 0 Å². The summed E-state index contributed by atoms with van der Waals surface area (Å²) in [6.07, 6.45) is 0. The predicted octanol–water partition coefficient (Wildman–Crippen LogP) is -2.04. The van der Waals surface area contributed by atoms with E-state index in [1.807, 2.05) is 0 Å². The summed E-state index contributed by atoms with van der Waals surface area (Å²) >= 11 is 0. The minimum absolute atomic E-state index is 0.790. The molecule has 0 saturated heterocycles. The summed E-state index contributed by atoms with van der Waals surface area (Å²) in [6.45, 7) is 5.23. The maximum atomic E-state index is 8.23. The van der Waals surface area contributed by atoms with Crippen molar-refractivity contribution in [3.63, 3.8) is 0 Å². The van der Waals surface area contributed by atoms with Crippen LogP contribution in [-0.2, 0) is 9.15 Å². The molecule has 5 nitrogen and oxygen atoms in total. The molecule has 0 radical (unpaired) electrons. The lowest BCUT2D eigenvalue weighted by atomic mass is 10.8. The quantitative estimate of drug-likeness (QED) is 0.265. The third-order valence-corrected chi connectivity index (χ3v) is 1.78. The van der Waals surface area contributed by atoms with Crippen LogP contribution in [0.5, 0.6) is 0 Å². The standard InChI is InChI=1S/C3H10O5Si2/c1-3(2)9-7-8-10(4,5)6/h4-6H,1,9H2,2H3. The van der Waals surface area contributed by atoms with Crippen molar-refractivity contribution in [1.82, 2.24) is 0 Å². The Bertz CT molecular complexity index is 119. The second kappa shape index (κ2) is 3.98. The third kappa shape index (κ3) is 7.97. The third-order valence-electron chi connectivity index (χ3n) is 0.476. The summed E-state index contributed by atoms with van der Waals surface area (Å²) in [4.78, 5) is 24.7. The summed E-state index contributed by atoms with van der Waals surface area (Å²) < 4.78 is 8.16. The monoisotopic (exact) mass is 182 g/mol. The van der Waals surface area contributed by atoms with E-state index in [2.05, 4.69) is 15.7 Å². The number of hydrogen-bond acceptors (Lipinski definition) is 5. The second-order valence-electron chi connectivity index (χ2n) is 1.88. The van der Waals surface area contributed by atoms with E-state index in [9.17, 15) is 0 Å². The molecule has 0 rings (SSSR count). The van der Waals surface area contributed by atoms with Gasteiger partial charge in [-0.25, -0.2) is 4.58 Å². The highest BCUT2D eigenvalue weighted by Gasteiger charge is 2.32. The first-order chi connectivity index (χ1) is 4.42. The maximum Gasteiger partial charge on any atom is 0.698 e. The summed E-state index contributed by atoms with van der Waals surface area (Å²) in [5, 5.41) is 0.790. The Morgan fingerprint density at radius 2 is 2.00 bits per heavy atom. The fourth-order valence-corrected chi connectivity index (χ4v) is 1.28. The van der Waals surface area contributed by atoms with E-state index in [-0.39, 0.29) is 0 Å². The number of rotatable bonds is 4. The van der Waals surface area contributed by atoms with Crippen LogP contribution in [0, 0.1) is 0 Å². The van der Waals surface area contributed by atoms with Crippen molar-refractivity contribution in [3.8, 4) is 0 Å². The van der Waals surface area contributed by atoms with Crippen LogP contribution >= 0.6 is 0 Å². The molecule has 0 aromatic rings. The minimum Gasteiger partial charge on any atom is -0.366 e. The molecule has 0 spiro atoms. The molecule has 0 unspecified atom stereocenters. The van der Waals surface area contributed by atoms with Crippen molar-refractivity contribution in [1.29, 1.82) is 0 Å². The molecule has 0 amide bonds. The summed E-state index contributed by atoms with van der Waals surface area (Å²) in [5.41, 5.74) is 0. The first-order valence-corrected chi connectivity index (χ1v) is 5.57. The van der Waals surface area contributed by atoms with Gasteiger partial charge in [-0.1, -0.05) is 5.20 Å². The number of hydrogen-bond donors (Lipinski definition) is 3. The van der Waals surface area contributed by atoms with Gasteiger partial charge in [0.25, 0.3) is 0 Å². The van der Waals surface area contributed by atoms with Crippen LogP contribution in [0.2, 0.25) is 0 Å². The van der Waals surface area contributed by atoms with Crippen molar-refractivity contribution in [3.05, 3.63) is 11.8 Å². The van der Waals surface area contributed by atoms with Gasteiger partial charge < -0.3 is 14.4 Å². The van der Waals surface area contributed by atoms with Crippen LogP contribution < -0.4 is 0 Å². The lowest BCUT2D eigenvalue weighted by molar-refractivity contribution is -0.177. The Hall–Kier alpha value is -0.0262. The Balaban J connectivity index is 3.29. The van der Waals surface area contributed by atoms with E-state index >= 15 is 0 Å². The van der Waals surface area contributed by atoms with Crippen LogP contribution in [0.4, 0.5) is 0 Å². The molecule has 0 aliphatic heterocycles.